The van der Waals surface area contributed by atoms with Crippen molar-refractivity contribution in [3.63, 3.8) is 0 Å². The summed E-state index contributed by atoms with van der Waals surface area (Å²) in [6.07, 6.45) is 3.99. The van der Waals surface area contributed by atoms with E-state index in [0.717, 1.165) is 26.2 Å². The first kappa shape index (κ1) is 21.6. The van der Waals surface area contributed by atoms with Crippen LogP contribution in [0.5, 0.6) is 0 Å². The van der Waals surface area contributed by atoms with Crippen LogP contribution >= 0.6 is 7.67 Å². The highest BCUT2D eigenvalue weighted by molar-refractivity contribution is 7.54. The molecule has 12 heteroatoms. The van der Waals surface area contributed by atoms with Crippen molar-refractivity contribution in [1.82, 2.24) is 18.9 Å². The van der Waals surface area contributed by atoms with Crippen LogP contribution in [0.25, 0.3) is 6.08 Å². The Kier molecular flexibility index (Phi) is 6.40. The molecule has 0 aliphatic carbocycles. The van der Waals surface area contributed by atoms with Gasteiger partial charge in [0.25, 0.3) is 5.56 Å². The number of ether oxygens (including phenoxy) is 3. The van der Waals surface area contributed by atoms with Gasteiger partial charge in [-0.15, -0.1) is 0 Å². The Morgan fingerprint density at radius 3 is 2.53 bits per heavy atom. The summed E-state index contributed by atoms with van der Waals surface area (Å²) in [5.41, 5.74) is -0.791. The van der Waals surface area contributed by atoms with Gasteiger partial charge in [0.2, 0.25) is 0 Å². The SMILES string of the molecule is COCC1O[C@@H](n2cc(C=CCOP(=O)(N3CC3)N3CC3)c(=O)[nH]c2=O)CC1OC. The lowest BCUT2D eigenvalue weighted by atomic mass is 10.2. The van der Waals surface area contributed by atoms with E-state index in [0.29, 0.717) is 13.0 Å². The first-order valence-corrected chi connectivity index (χ1v) is 11.4. The minimum atomic E-state index is -2.90. The number of nitrogens with zero attached hydrogens (tertiary/aromatic N) is 3. The summed E-state index contributed by atoms with van der Waals surface area (Å²) >= 11 is 0. The second kappa shape index (κ2) is 8.88. The summed E-state index contributed by atoms with van der Waals surface area (Å²) in [6, 6.07) is 0. The molecule has 4 heterocycles. The average molecular weight is 442 g/mol. The van der Waals surface area contributed by atoms with Crippen LogP contribution in [0.4, 0.5) is 0 Å². The van der Waals surface area contributed by atoms with Crippen LogP contribution in [0.15, 0.2) is 21.9 Å². The van der Waals surface area contributed by atoms with Crippen molar-refractivity contribution < 1.29 is 23.3 Å². The van der Waals surface area contributed by atoms with Crippen LogP contribution in [0.1, 0.15) is 18.2 Å². The molecule has 3 saturated heterocycles. The van der Waals surface area contributed by atoms with Gasteiger partial charge in [-0.3, -0.25) is 18.9 Å². The zero-order valence-corrected chi connectivity index (χ0v) is 18.0. The third-order valence-electron chi connectivity index (χ3n) is 5.32. The van der Waals surface area contributed by atoms with Gasteiger partial charge in [-0.2, -0.15) is 0 Å². The van der Waals surface area contributed by atoms with Crippen LogP contribution in [0.3, 0.4) is 0 Å². The minimum Gasteiger partial charge on any atom is -0.382 e. The maximum Gasteiger partial charge on any atom is 0.346 e. The zero-order chi connectivity index (χ0) is 21.3. The van der Waals surface area contributed by atoms with Crippen LogP contribution in [0.2, 0.25) is 0 Å². The molecule has 1 N–H and O–H groups in total. The smallest absolute Gasteiger partial charge is 0.346 e. The predicted molar refractivity (Wildman–Crippen MR) is 108 cm³/mol. The highest BCUT2D eigenvalue weighted by Gasteiger charge is 2.49. The van der Waals surface area contributed by atoms with Crippen LogP contribution in [-0.4, -0.2) is 84.7 Å². The van der Waals surface area contributed by atoms with Crippen molar-refractivity contribution in [1.29, 1.82) is 0 Å². The molecule has 3 fully saturated rings. The molecule has 3 aliphatic rings. The summed E-state index contributed by atoms with van der Waals surface area (Å²) < 4.78 is 40.0. The van der Waals surface area contributed by atoms with Gasteiger partial charge in [0.05, 0.1) is 24.9 Å². The summed E-state index contributed by atoms with van der Waals surface area (Å²) in [6.45, 7) is 3.54. The molecule has 3 aliphatic heterocycles. The molecule has 0 aromatic carbocycles. The Hall–Kier alpha value is -1.59. The standard InChI is InChI=1S/C18H27N4O7P/c1-26-12-15-14(27-2)10-16(29-15)22-11-13(17(23)19-18(22)24)4-3-9-28-30(25,20-5-6-20)21-7-8-21/h3-4,11,14-16H,5-10,12H2,1-2H3,(H,19,23,24)/t14?,15?,16-/m1/s1. The lowest BCUT2D eigenvalue weighted by molar-refractivity contribution is -0.0618. The molecule has 2 unspecified atom stereocenters. The molecular formula is C18H27N4O7P. The Bertz CT molecular complexity index is 937. The fourth-order valence-corrected chi connectivity index (χ4v) is 5.67. The van der Waals surface area contributed by atoms with Gasteiger partial charge in [0, 0.05) is 53.0 Å². The fraction of sp³-hybridized carbons (Fsp3) is 0.667. The van der Waals surface area contributed by atoms with Crippen molar-refractivity contribution in [3.05, 3.63) is 38.7 Å². The van der Waals surface area contributed by atoms with E-state index in [2.05, 4.69) is 4.98 Å². The second-order valence-electron chi connectivity index (χ2n) is 7.44. The highest BCUT2D eigenvalue weighted by atomic mass is 31.2. The maximum atomic E-state index is 12.9. The minimum absolute atomic E-state index is 0.102. The van der Waals surface area contributed by atoms with Crippen molar-refractivity contribution >= 4 is 13.7 Å². The number of aromatic nitrogens is 2. The molecule has 11 nitrogen and oxygen atoms in total. The molecule has 4 rings (SSSR count). The first-order valence-electron chi connectivity index (χ1n) is 9.91. The number of nitrogens with one attached hydrogen (secondary N) is 1. The zero-order valence-electron chi connectivity index (χ0n) is 17.1. The fourth-order valence-electron chi connectivity index (χ4n) is 3.52. The van der Waals surface area contributed by atoms with Crippen molar-refractivity contribution in [2.45, 2.75) is 24.9 Å². The number of aromatic amines is 1. The van der Waals surface area contributed by atoms with E-state index >= 15 is 0 Å². The number of hydrogen-bond acceptors (Lipinski definition) is 7. The normalized spacial score (nSPS) is 27.2. The Balaban J connectivity index is 1.45. The predicted octanol–water partition coefficient (Wildman–Crippen LogP) is 0.255. The van der Waals surface area contributed by atoms with Gasteiger partial charge in [-0.05, 0) is 6.08 Å². The van der Waals surface area contributed by atoms with Crippen LogP contribution in [0, 0.1) is 0 Å². The van der Waals surface area contributed by atoms with Gasteiger partial charge < -0.3 is 18.7 Å². The molecule has 1 aromatic heterocycles. The average Bonchev–Trinajstić information content (AvgIpc) is 3.63. The summed E-state index contributed by atoms with van der Waals surface area (Å²) in [5, 5.41) is 0. The molecule has 0 radical (unpaired) electrons. The van der Waals surface area contributed by atoms with Crippen molar-refractivity contribution in [3.8, 4) is 0 Å². The lowest BCUT2D eigenvalue weighted by Gasteiger charge is -2.18. The molecule has 0 amide bonds. The number of H-pyrrole nitrogens is 1. The lowest BCUT2D eigenvalue weighted by Crippen LogP contribution is -2.33. The van der Waals surface area contributed by atoms with Gasteiger partial charge in [-0.1, -0.05) is 6.08 Å². The topological polar surface area (TPSA) is 115 Å². The van der Waals surface area contributed by atoms with Crippen LogP contribution in [-0.2, 0) is 23.3 Å². The molecule has 1 aromatic rings. The Morgan fingerprint density at radius 2 is 1.93 bits per heavy atom. The van der Waals surface area contributed by atoms with Gasteiger partial charge in [0.1, 0.15) is 12.3 Å². The summed E-state index contributed by atoms with van der Waals surface area (Å²) in [7, 11) is 0.246. The Morgan fingerprint density at radius 1 is 1.23 bits per heavy atom. The molecule has 0 bridgehead atoms. The maximum absolute atomic E-state index is 12.9. The van der Waals surface area contributed by atoms with E-state index in [4.69, 9.17) is 18.7 Å². The molecule has 30 heavy (non-hydrogen) atoms. The molecule has 0 saturated carbocycles. The summed E-state index contributed by atoms with van der Waals surface area (Å²) in [4.78, 5) is 26.8. The van der Waals surface area contributed by atoms with E-state index in [9.17, 15) is 14.2 Å². The van der Waals surface area contributed by atoms with E-state index in [-0.39, 0.29) is 24.4 Å². The second-order valence-corrected chi connectivity index (χ2v) is 9.81. The quantitative estimate of drug-likeness (QED) is 0.402. The Labute approximate surface area is 173 Å². The van der Waals surface area contributed by atoms with E-state index in [1.807, 2.05) is 9.34 Å². The van der Waals surface area contributed by atoms with E-state index in [1.165, 1.54) is 10.8 Å². The van der Waals surface area contributed by atoms with Gasteiger partial charge in [0.15, 0.2) is 0 Å². The molecular weight excluding hydrogens is 415 g/mol. The molecule has 3 atom stereocenters. The molecule has 0 spiro atoms. The first-order chi connectivity index (χ1) is 14.5. The number of hydrogen-bond donors (Lipinski definition) is 1. The number of rotatable bonds is 10. The van der Waals surface area contributed by atoms with E-state index in [1.54, 1.807) is 26.4 Å². The van der Waals surface area contributed by atoms with Crippen LogP contribution < -0.4 is 11.2 Å². The third kappa shape index (κ3) is 4.52. The van der Waals surface area contributed by atoms with Crippen molar-refractivity contribution in [2.24, 2.45) is 0 Å². The van der Waals surface area contributed by atoms with Gasteiger partial charge >= 0.3 is 13.4 Å². The summed E-state index contributed by atoms with van der Waals surface area (Å²) in [5.74, 6) is 0. The van der Waals surface area contributed by atoms with E-state index < -0.39 is 25.1 Å². The third-order valence-corrected chi connectivity index (χ3v) is 8.03. The largest absolute Gasteiger partial charge is 0.382 e. The monoisotopic (exact) mass is 442 g/mol. The van der Waals surface area contributed by atoms with Crippen molar-refractivity contribution in [2.75, 3.05) is 53.6 Å². The van der Waals surface area contributed by atoms with Gasteiger partial charge in [-0.25, -0.2) is 14.1 Å². The molecule has 166 valence electrons. The highest BCUT2D eigenvalue weighted by Crippen LogP contribution is 2.60. The number of methoxy groups -OCH3 is 2.